The van der Waals surface area contributed by atoms with Crippen LogP contribution in [-0.2, 0) is 0 Å². The maximum absolute atomic E-state index is 8.14. The van der Waals surface area contributed by atoms with Crippen LogP contribution in [0.1, 0.15) is 13.8 Å². The number of nitriles is 1. The minimum absolute atomic E-state index is 0.967. The molecule has 0 aromatic rings. The van der Waals surface area contributed by atoms with Crippen molar-refractivity contribution in [1.29, 1.82) is 5.26 Å². The molecule has 0 aliphatic rings. The Bertz CT molecular complexity index is 117. The quantitative estimate of drug-likeness (QED) is 0.531. The molecule has 2 heteroatoms. The molecule has 0 saturated heterocycles. The fourth-order valence-electron chi connectivity index (χ4n) is 0.573. The van der Waals surface area contributed by atoms with E-state index in [2.05, 4.69) is 18.7 Å². The molecule has 0 aliphatic heterocycles. The molecule has 0 aliphatic carbocycles. The number of hydrogen-bond donors (Lipinski definition) is 0. The number of rotatable bonds is 3. The van der Waals surface area contributed by atoms with Gasteiger partial charge in [0.15, 0.2) is 0 Å². The number of allylic oxidation sites excluding steroid dienone is 1. The predicted octanol–water partition coefficient (Wildman–Crippen LogP) is 1.37. The van der Waals surface area contributed by atoms with Crippen LogP contribution in [0.3, 0.4) is 0 Å². The average molecular weight is 124 g/mol. The van der Waals surface area contributed by atoms with Crippen molar-refractivity contribution >= 4 is 0 Å². The van der Waals surface area contributed by atoms with Crippen LogP contribution in [0.2, 0.25) is 0 Å². The standard InChI is InChI=1S/C7H12N2/c1-3-9(4-2)7-5-6-8/h5,7H,3-4H2,1-2H3/b7-5+. The summed E-state index contributed by atoms with van der Waals surface area (Å²) >= 11 is 0. The summed E-state index contributed by atoms with van der Waals surface area (Å²) in [7, 11) is 0. The highest BCUT2D eigenvalue weighted by molar-refractivity contribution is 5.00. The summed E-state index contributed by atoms with van der Waals surface area (Å²) in [6.45, 7) is 6.06. The first-order valence-corrected chi connectivity index (χ1v) is 3.15. The van der Waals surface area contributed by atoms with Gasteiger partial charge in [0.05, 0.1) is 6.07 Å². The van der Waals surface area contributed by atoms with Crippen molar-refractivity contribution in [2.75, 3.05) is 13.1 Å². The molecule has 0 bridgehead atoms. The van der Waals surface area contributed by atoms with Crippen molar-refractivity contribution < 1.29 is 0 Å². The number of nitrogens with zero attached hydrogens (tertiary/aromatic N) is 2. The summed E-state index contributed by atoms with van der Waals surface area (Å²) in [5, 5.41) is 8.14. The highest BCUT2D eigenvalue weighted by Crippen LogP contribution is 1.85. The van der Waals surface area contributed by atoms with Gasteiger partial charge in [-0.2, -0.15) is 5.26 Å². The van der Waals surface area contributed by atoms with Crippen LogP contribution < -0.4 is 0 Å². The minimum Gasteiger partial charge on any atom is -0.377 e. The summed E-state index contributed by atoms with van der Waals surface area (Å²) < 4.78 is 0. The summed E-state index contributed by atoms with van der Waals surface area (Å²) in [5.74, 6) is 0. The van der Waals surface area contributed by atoms with E-state index in [0.29, 0.717) is 0 Å². The Morgan fingerprint density at radius 1 is 1.44 bits per heavy atom. The van der Waals surface area contributed by atoms with E-state index in [1.165, 1.54) is 6.08 Å². The monoisotopic (exact) mass is 124 g/mol. The van der Waals surface area contributed by atoms with Crippen molar-refractivity contribution in [2.24, 2.45) is 0 Å². The van der Waals surface area contributed by atoms with Gasteiger partial charge in [-0.1, -0.05) is 0 Å². The van der Waals surface area contributed by atoms with Crippen molar-refractivity contribution in [3.05, 3.63) is 12.3 Å². The molecule has 0 N–H and O–H groups in total. The maximum Gasteiger partial charge on any atom is 0.0927 e. The average Bonchev–Trinajstić information content (AvgIpc) is 1.91. The maximum atomic E-state index is 8.14. The molecule has 0 spiro atoms. The van der Waals surface area contributed by atoms with Crippen LogP contribution in [-0.4, -0.2) is 18.0 Å². The second kappa shape index (κ2) is 5.17. The minimum atomic E-state index is 0.967. The molecule has 2 nitrogen and oxygen atoms in total. The molecule has 0 heterocycles. The van der Waals surface area contributed by atoms with E-state index in [0.717, 1.165) is 13.1 Å². The van der Waals surface area contributed by atoms with E-state index in [4.69, 9.17) is 5.26 Å². The van der Waals surface area contributed by atoms with Crippen LogP contribution in [0.25, 0.3) is 0 Å². The third-order valence-corrected chi connectivity index (χ3v) is 1.17. The zero-order valence-corrected chi connectivity index (χ0v) is 5.96. The molecular weight excluding hydrogens is 112 g/mol. The van der Waals surface area contributed by atoms with Crippen LogP contribution in [0.4, 0.5) is 0 Å². The Hall–Kier alpha value is -0.970. The highest BCUT2D eigenvalue weighted by atomic mass is 15.1. The molecule has 0 unspecified atom stereocenters. The van der Waals surface area contributed by atoms with Gasteiger partial charge < -0.3 is 4.90 Å². The van der Waals surface area contributed by atoms with Gasteiger partial charge in [-0.15, -0.1) is 0 Å². The molecule has 50 valence electrons. The highest BCUT2D eigenvalue weighted by Gasteiger charge is 1.86. The summed E-state index contributed by atoms with van der Waals surface area (Å²) in [5.41, 5.74) is 0. The van der Waals surface area contributed by atoms with Gasteiger partial charge in [-0.05, 0) is 13.8 Å². The SMILES string of the molecule is CCN(/C=C/C#N)CC. The van der Waals surface area contributed by atoms with Gasteiger partial charge in [0, 0.05) is 25.4 Å². The molecule has 0 rings (SSSR count). The van der Waals surface area contributed by atoms with Gasteiger partial charge in [-0.3, -0.25) is 0 Å². The Morgan fingerprint density at radius 2 is 2.00 bits per heavy atom. The summed E-state index contributed by atoms with van der Waals surface area (Å²) in [4.78, 5) is 2.06. The van der Waals surface area contributed by atoms with Crippen LogP contribution in [0.15, 0.2) is 12.3 Å². The van der Waals surface area contributed by atoms with Gasteiger partial charge in [0.25, 0.3) is 0 Å². The van der Waals surface area contributed by atoms with Crippen molar-refractivity contribution in [2.45, 2.75) is 13.8 Å². The van der Waals surface area contributed by atoms with Crippen molar-refractivity contribution in [3.63, 3.8) is 0 Å². The Morgan fingerprint density at radius 3 is 2.33 bits per heavy atom. The Balaban J connectivity index is 3.57. The van der Waals surface area contributed by atoms with E-state index >= 15 is 0 Å². The van der Waals surface area contributed by atoms with Crippen molar-refractivity contribution in [3.8, 4) is 6.07 Å². The van der Waals surface area contributed by atoms with Gasteiger partial charge in [0.2, 0.25) is 0 Å². The lowest BCUT2D eigenvalue weighted by Gasteiger charge is -2.13. The van der Waals surface area contributed by atoms with E-state index < -0.39 is 0 Å². The van der Waals surface area contributed by atoms with Crippen LogP contribution in [0, 0.1) is 11.3 Å². The smallest absolute Gasteiger partial charge is 0.0927 e. The van der Waals surface area contributed by atoms with E-state index in [-0.39, 0.29) is 0 Å². The molecule has 9 heavy (non-hydrogen) atoms. The van der Waals surface area contributed by atoms with E-state index in [1.807, 2.05) is 6.07 Å². The van der Waals surface area contributed by atoms with E-state index in [1.54, 1.807) is 6.20 Å². The Labute approximate surface area is 56.4 Å². The van der Waals surface area contributed by atoms with E-state index in [9.17, 15) is 0 Å². The second-order valence-corrected chi connectivity index (χ2v) is 1.67. The lowest BCUT2D eigenvalue weighted by atomic mass is 10.5. The fraction of sp³-hybridized carbons (Fsp3) is 0.571. The molecule has 0 aromatic carbocycles. The van der Waals surface area contributed by atoms with Gasteiger partial charge >= 0.3 is 0 Å². The lowest BCUT2D eigenvalue weighted by Crippen LogP contribution is -2.14. The molecule has 0 radical (unpaired) electrons. The molecule has 0 amide bonds. The topological polar surface area (TPSA) is 27.0 Å². The Kier molecular flexibility index (Phi) is 4.61. The molecule has 0 atom stereocenters. The largest absolute Gasteiger partial charge is 0.377 e. The first-order chi connectivity index (χ1) is 4.35. The molecule has 0 fully saturated rings. The predicted molar refractivity (Wildman–Crippen MR) is 37.7 cm³/mol. The first-order valence-electron chi connectivity index (χ1n) is 3.15. The second-order valence-electron chi connectivity index (χ2n) is 1.67. The third-order valence-electron chi connectivity index (χ3n) is 1.17. The first kappa shape index (κ1) is 8.03. The number of hydrogen-bond acceptors (Lipinski definition) is 2. The molecule has 0 saturated carbocycles. The van der Waals surface area contributed by atoms with Crippen molar-refractivity contribution in [1.82, 2.24) is 4.90 Å². The summed E-state index contributed by atoms with van der Waals surface area (Å²) in [6.07, 6.45) is 3.30. The molecular formula is C7H12N2. The fourth-order valence-corrected chi connectivity index (χ4v) is 0.573. The zero-order chi connectivity index (χ0) is 7.11. The zero-order valence-electron chi connectivity index (χ0n) is 5.96. The van der Waals surface area contributed by atoms with Gasteiger partial charge in [0.1, 0.15) is 0 Å². The van der Waals surface area contributed by atoms with Crippen LogP contribution >= 0.6 is 0 Å². The van der Waals surface area contributed by atoms with Gasteiger partial charge in [-0.25, -0.2) is 0 Å². The van der Waals surface area contributed by atoms with Crippen LogP contribution in [0.5, 0.6) is 0 Å². The third kappa shape index (κ3) is 3.60. The summed E-state index contributed by atoms with van der Waals surface area (Å²) in [6, 6.07) is 1.94. The molecule has 0 aromatic heterocycles. The normalized spacial score (nSPS) is 9.44. The lowest BCUT2D eigenvalue weighted by molar-refractivity contribution is 0.419.